The molecule has 0 aliphatic carbocycles. The minimum atomic E-state index is 0.323. The highest BCUT2D eigenvalue weighted by Gasteiger charge is 2.15. The molecule has 0 heterocycles. The highest BCUT2D eigenvalue weighted by Crippen LogP contribution is 2.29. The summed E-state index contributed by atoms with van der Waals surface area (Å²) in [4.78, 5) is 0. The third-order valence-electron chi connectivity index (χ3n) is 3.47. The van der Waals surface area contributed by atoms with E-state index in [4.69, 9.17) is 0 Å². The van der Waals surface area contributed by atoms with Crippen LogP contribution in [0.15, 0.2) is 51.4 Å². The Morgan fingerprint density at radius 1 is 1.10 bits per heavy atom. The number of nitrogens with one attached hydrogen (secondary N) is 1. The molecule has 2 aromatic carbocycles. The molecule has 1 N–H and O–H groups in total. The maximum Gasteiger partial charge on any atom is 0.0372 e. The smallest absolute Gasteiger partial charge is 0.0372 e. The van der Waals surface area contributed by atoms with E-state index in [0.29, 0.717) is 6.04 Å². The third-order valence-corrected chi connectivity index (χ3v) is 4.65. The number of rotatable bonds is 5. The SMILES string of the molecule is CCNC(Cc1ccccc1C)c1ccc(Br)cc1Br. The number of likely N-dealkylation sites (N-methyl/N-ethyl adjacent to an activating group) is 1. The van der Waals surface area contributed by atoms with Gasteiger partial charge >= 0.3 is 0 Å². The first-order chi connectivity index (χ1) is 9.61. The molecule has 0 bridgehead atoms. The Balaban J connectivity index is 2.29. The zero-order valence-electron chi connectivity index (χ0n) is 11.8. The van der Waals surface area contributed by atoms with E-state index in [-0.39, 0.29) is 0 Å². The zero-order valence-corrected chi connectivity index (χ0v) is 15.0. The molecule has 0 fully saturated rings. The van der Waals surface area contributed by atoms with Gasteiger partial charge in [-0.25, -0.2) is 0 Å². The van der Waals surface area contributed by atoms with E-state index >= 15 is 0 Å². The highest BCUT2D eigenvalue weighted by molar-refractivity contribution is 9.11. The van der Waals surface area contributed by atoms with E-state index in [1.807, 2.05) is 0 Å². The van der Waals surface area contributed by atoms with Crippen LogP contribution in [0.5, 0.6) is 0 Å². The molecule has 0 spiro atoms. The predicted molar refractivity (Wildman–Crippen MR) is 93.1 cm³/mol. The molecule has 0 aromatic heterocycles. The largest absolute Gasteiger partial charge is 0.310 e. The standard InChI is InChI=1S/C17H19Br2N/c1-3-20-17(10-13-7-5-4-6-12(13)2)15-9-8-14(18)11-16(15)19/h4-9,11,17,20H,3,10H2,1-2H3. The Morgan fingerprint density at radius 2 is 1.85 bits per heavy atom. The van der Waals surface area contributed by atoms with Gasteiger partial charge < -0.3 is 5.32 Å². The average molecular weight is 397 g/mol. The second-order valence-corrected chi connectivity index (χ2v) is 6.68. The first-order valence-electron chi connectivity index (χ1n) is 6.84. The van der Waals surface area contributed by atoms with Crippen LogP contribution in [-0.4, -0.2) is 6.54 Å². The summed E-state index contributed by atoms with van der Waals surface area (Å²) in [7, 11) is 0. The van der Waals surface area contributed by atoms with Crippen LogP contribution in [0, 0.1) is 6.92 Å². The Bertz CT molecular complexity index is 581. The van der Waals surface area contributed by atoms with Gasteiger partial charge in [-0.15, -0.1) is 0 Å². The molecule has 0 aliphatic heterocycles. The van der Waals surface area contributed by atoms with E-state index in [2.05, 4.69) is 93.5 Å². The van der Waals surface area contributed by atoms with Gasteiger partial charge in [0.05, 0.1) is 0 Å². The Morgan fingerprint density at radius 3 is 2.50 bits per heavy atom. The van der Waals surface area contributed by atoms with Gasteiger partial charge in [-0.3, -0.25) is 0 Å². The Kier molecular flexibility index (Phi) is 5.82. The van der Waals surface area contributed by atoms with Gasteiger partial charge in [0.1, 0.15) is 0 Å². The van der Waals surface area contributed by atoms with Crippen molar-refractivity contribution in [3.05, 3.63) is 68.1 Å². The molecule has 0 saturated heterocycles. The topological polar surface area (TPSA) is 12.0 Å². The summed E-state index contributed by atoms with van der Waals surface area (Å²) in [5.74, 6) is 0. The molecule has 20 heavy (non-hydrogen) atoms. The second kappa shape index (κ2) is 7.39. The maximum absolute atomic E-state index is 3.68. The summed E-state index contributed by atoms with van der Waals surface area (Å²) in [6.07, 6.45) is 1.00. The van der Waals surface area contributed by atoms with E-state index in [9.17, 15) is 0 Å². The number of halogens is 2. The zero-order chi connectivity index (χ0) is 14.5. The van der Waals surface area contributed by atoms with Crippen molar-refractivity contribution in [2.75, 3.05) is 6.54 Å². The lowest BCUT2D eigenvalue weighted by Gasteiger charge is -2.21. The van der Waals surface area contributed by atoms with Crippen LogP contribution >= 0.6 is 31.9 Å². The van der Waals surface area contributed by atoms with Crippen LogP contribution in [0.1, 0.15) is 29.7 Å². The van der Waals surface area contributed by atoms with Crippen molar-refractivity contribution in [1.29, 1.82) is 0 Å². The van der Waals surface area contributed by atoms with E-state index < -0.39 is 0 Å². The van der Waals surface area contributed by atoms with E-state index in [1.54, 1.807) is 0 Å². The van der Waals surface area contributed by atoms with Gasteiger partial charge in [-0.05, 0) is 48.7 Å². The van der Waals surface area contributed by atoms with Crippen LogP contribution in [0.3, 0.4) is 0 Å². The van der Waals surface area contributed by atoms with Crippen molar-refractivity contribution in [3.8, 4) is 0 Å². The lowest BCUT2D eigenvalue weighted by atomic mass is 9.96. The van der Waals surface area contributed by atoms with Gasteiger partial charge in [0.2, 0.25) is 0 Å². The van der Waals surface area contributed by atoms with Crippen LogP contribution in [0.4, 0.5) is 0 Å². The van der Waals surface area contributed by atoms with E-state index in [0.717, 1.165) is 21.9 Å². The molecule has 0 radical (unpaired) electrons. The molecule has 0 aliphatic rings. The fraction of sp³-hybridized carbons (Fsp3) is 0.294. The summed E-state index contributed by atoms with van der Waals surface area (Å²) in [6, 6.07) is 15.3. The van der Waals surface area contributed by atoms with E-state index in [1.165, 1.54) is 16.7 Å². The van der Waals surface area contributed by atoms with Crippen LogP contribution in [0.2, 0.25) is 0 Å². The van der Waals surface area contributed by atoms with Crippen molar-refractivity contribution in [3.63, 3.8) is 0 Å². The Hall–Kier alpha value is -0.640. The third kappa shape index (κ3) is 3.94. The van der Waals surface area contributed by atoms with Gasteiger partial charge in [-0.2, -0.15) is 0 Å². The number of hydrogen-bond acceptors (Lipinski definition) is 1. The minimum absolute atomic E-state index is 0.323. The van der Waals surface area contributed by atoms with Crippen LogP contribution < -0.4 is 5.32 Å². The predicted octanol–water partition coefficient (Wildman–Crippen LogP) is 5.41. The lowest BCUT2D eigenvalue weighted by Crippen LogP contribution is -2.23. The molecule has 1 unspecified atom stereocenters. The summed E-state index contributed by atoms with van der Waals surface area (Å²) < 4.78 is 2.24. The van der Waals surface area contributed by atoms with Gasteiger partial charge in [0.25, 0.3) is 0 Å². The molecule has 0 amide bonds. The molecule has 1 nitrogen and oxygen atoms in total. The van der Waals surface area contributed by atoms with Crippen molar-refractivity contribution < 1.29 is 0 Å². The first-order valence-corrected chi connectivity index (χ1v) is 8.43. The molecule has 106 valence electrons. The number of hydrogen-bond donors (Lipinski definition) is 1. The number of benzene rings is 2. The summed E-state index contributed by atoms with van der Waals surface area (Å²) >= 11 is 7.19. The van der Waals surface area contributed by atoms with Crippen LogP contribution in [-0.2, 0) is 6.42 Å². The monoisotopic (exact) mass is 395 g/mol. The van der Waals surface area contributed by atoms with Gasteiger partial charge in [-0.1, -0.05) is 69.1 Å². The molecule has 2 aromatic rings. The summed E-state index contributed by atoms with van der Waals surface area (Å²) in [5, 5.41) is 3.59. The van der Waals surface area contributed by atoms with Crippen molar-refractivity contribution >= 4 is 31.9 Å². The van der Waals surface area contributed by atoms with Crippen molar-refractivity contribution in [2.24, 2.45) is 0 Å². The summed E-state index contributed by atoms with van der Waals surface area (Å²) in [5.41, 5.74) is 4.05. The molecule has 3 heteroatoms. The minimum Gasteiger partial charge on any atom is -0.310 e. The Labute approximate surface area is 138 Å². The maximum atomic E-state index is 3.68. The lowest BCUT2D eigenvalue weighted by molar-refractivity contribution is 0.547. The molecular weight excluding hydrogens is 378 g/mol. The fourth-order valence-electron chi connectivity index (χ4n) is 2.38. The molecular formula is C17H19Br2N. The van der Waals surface area contributed by atoms with Gasteiger partial charge in [0, 0.05) is 15.0 Å². The number of aryl methyl sites for hydroxylation is 1. The average Bonchev–Trinajstić information content (AvgIpc) is 2.41. The van der Waals surface area contributed by atoms with Crippen molar-refractivity contribution in [2.45, 2.75) is 26.3 Å². The quantitative estimate of drug-likeness (QED) is 0.711. The van der Waals surface area contributed by atoms with Gasteiger partial charge in [0.15, 0.2) is 0 Å². The first kappa shape index (κ1) is 15.7. The molecule has 2 rings (SSSR count). The van der Waals surface area contributed by atoms with Crippen LogP contribution in [0.25, 0.3) is 0 Å². The molecule has 1 atom stereocenters. The highest BCUT2D eigenvalue weighted by atomic mass is 79.9. The fourth-order valence-corrected chi connectivity index (χ4v) is 3.71. The summed E-state index contributed by atoms with van der Waals surface area (Å²) in [6.45, 7) is 5.28. The normalized spacial score (nSPS) is 12.4. The van der Waals surface area contributed by atoms with Crippen molar-refractivity contribution in [1.82, 2.24) is 5.32 Å². The second-order valence-electron chi connectivity index (χ2n) is 4.91. The molecule has 0 saturated carbocycles.